The van der Waals surface area contributed by atoms with Crippen LogP contribution in [0.1, 0.15) is 34.1 Å². The van der Waals surface area contributed by atoms with Crippen LogP contribution in [0.15, 0.2) is 18.2 Å². The van der Waals surface area contributed by atoms with Crippen molar-refractivity contribution >= 4 is 17.3 Å². The van der Waals surface area contributed by atoms with Crippen LogP contribution in [0.5, 0.6) is 5.75 Å². The number of carbonyl (C=O) groups excluding carboxylic acids is 1. The Bertz CT molecular complexity index is 486. The number of anilines is 2. The summed E-state index contributed by atoms with van der Waals surface area (Å²) in [6, 6.07) is 5.87. The van der Waals surface area contributed by atoms with E-state index in [4.69, 9.17) is 9.47 Å². The number of ether oxygens (including phenoxy) is 2. The molecule has 0 bridgehead atoms. The number of hydrogen-bond acceptors (Lipinski definition) is 4. The van der Waals surface area contributed by atoms with Crippen molar-refractivity contribution in [2.45, 2.75) is 45.8 Å². The lowest BCUT2D eigenvalue weighted by atomic mass is 9.99. The molecule has 0 aromatic heterocycles. The molecule has 1 rings (SSSR count). The lowest BCUT2D eigenvalue weighted by Gasteiger charge is -2.27. The summed E-state index contributed by atoms with van der Waals surface area (Å²) >= 11 is 0. The van der Waals surface area contributed by atoms with Crippen LogP contribution in [-0.4, -0.2) is 31.8 Å². The van der Waals surface area contributed by atoms with Crippen LogP contribution in [0, 0.1) is 0 Å². The number of rotatable bonds is 7. The van der Waals surface area contributed by atoms with Gasteiger partial charge in [-0.1, -0.05) is 0 Å². The Hall–Kier alpha value is -1.75. The Morgan fingerprint density at radius 2 is 2.00 bits per heavy atom. The summed E-state index contributed by atoms with van der Waals surface area (Å²) in [6.07, 6.45) is 0.874. The molecule has 1 aromatic carbocycles. The molecule has 5 heteroatoms. The minimum absolute atomic E-state index is 0.121. The molecule has 5 nitrogen and oxygen atoms in total. The molecule has 1 aromatic rings. The third-order valence-electron chi connectivity index (χ3n) is 3.28. The van der Waals surface area contributed by atoms with Crippen LogP contribution in [0.4, 0.5) is 11.4 Å². The highest BCUT2D eigenvalue weighted by molar-refractivity contribution is 5.90. The third-order valence-corrected chi connectivity index (χ3v) is 3.28. The predicted molar refractivity (Wildman–Crippen MR) is 86.1 cm³/mol. The van der Waals surface area contributed by atoms with Gasteiger partial charge in [-0.15, -0.1) is 0 Å². The molecule has 1 amide bonds. The van der Waals surface area contributed by atoms with Gasteiger partial charge in [0.15, 0.2) is 0 Å². The molecule has 0 spiro atoms. The van der Waals surface area contributed by atoms with E-state index >= 15 is 0 Å². The molecule has 0 saturated carbocycles. The van der Waals surface area contributed by atoms with Gasteiger partial charge in [-0.05, 0) is 39.3 Å². The fourth-order valence-electron chi connectivity index (χ4n) is 2.23. The first kappa shape index (κ1) is 17.3. The van der Waals surface area contributed by atoms with E-state index < -0.39 is 0 Å². The zero-order chi connectivity index (χ0) is 16.0. The lowest BCUT2D eigenvalue weighted by Crippen LogP contribution is -2.31. The van der Waals surface area contributed by atoms with Crippen LogP contribution in [0.2, 0.25) is 0 Å². The Kier molecular flexibility index (Phi) is 6.03. The van der Waals surface area contributed by atoms with Gasteiger partial charge in [0.2, 0.25) is 5.91 Å². The third kappa shape index (κ3) is 5.63. The SMILES string of the molecule is COc1cc(NC(C)CC(C)(C)OC)ccc1NC(C)=O. The zero-order valence-electron chi connectivity index (χ0n) is 13.7. The van der Waals surface area contributed by atoms with Crippen LogP contribution < -0.4 is 15.4 Å². The van der Waals surface area contributed by atoms with Gasteiger partial charge in [-0.25, -0.2) is 0 Å². The second-order valence-electron chi connectivity index (χ2n) is 5.81. The van der Waals surface area contributed by atoms with Crippen molar-refractivity contribution in [3.8, 4) is 5.75 Å². The van der Waals surface area contributed by atoms with Gasteiger partial charge in [0, 0.05) is 31.8 Å². The van der Waals surface area contributed by atoms with Crippen molar-refractivity contribution in [3.05, 3.63) is 18.2 Å². The quantitative estimate of drug-likeness (QED) is 0.810. The van der Waals surface area contributed by atoms with E-state index in [1.165, 1.54) is 6.92 Å². The van der Waals surface area contributed by atoms with Gasteiger partial charge >= 0.3 is 0 Å². The molecule has 21 heavy (non-hydrogen) atoms. The Morgan fingerprint density at radius 1 is 1.33 bits per heavy atom. The minimum Gasteiger partial charge on any atom is -0.494 e. The average molecular weight is 294 g/mol. The van der Waals surface area contributed by atoms with Gasteiger partial charge in [-0.2, -0.15) is 0 Å². The van der Waals surface area contributed by atoms with Crippen molar-refractivity contribution in [1.82, 2.24) is 0 Å². The van der Waals surface area contributed by atoms with Gasteiger partial charge in [0.25, 0.3) is 0 Å². The molecule has 0 aliphatic heterocycles. The van der Waals surface area contributed by atoms with E-state index in [0.717, 1.165) is 12.1 Å². The van der Waals surface area contributed by atoms with E-state index in [1.807, 2.05) is 18.2 Å². The van der Waals surface area contributed by atoms with Gasteiger partial charge < -0.3 is 20.1 Å². The predicted octanol–water partition coefficient (Wildman–Crippen LogP) is 3.27. The van der Waals surface area contributed by atoms with E-state index in [0.29, 0.717) is 11.4 Å². The molecule has 118 valence electrons. The molecule has 1 atom stereocenters. The topological polar surface area (TPSA) is 59.6 Å². The van der Waals surface area contributed by atoms with Crippen molar-refractivity contribution in [3.63, 3.8) is 0 Å². The van der Waals surface area contributed by atoms with E-state index in [1.54, 1.807) is 14.2 Å². The second-order valence-corrected chi connectivity index (χ2v) is 5.81. The summed E-state index contributed by atoms with van der Waals surface area (Å²) in [6.45, 7) is 7.70. The Balaban J connectivity index is 2.78. The van der Waals surface area contributed by atoms with Crippen LogP contribution in [0.25, 0.3) is 0 Å². The molecule has 0 fully saturated rings. The summed E-state index contributed by atoms with van der Waals surface area (Å²) < 4.78 is 10.8. The fourth-order valence-corrected chi connectivity index (χ4v) is 2.23. The molecule has 1 unspecified atom stereocenters. The van der Waals surface area contributed by atoms with Crippen molar-refractivity contribution in [2.24, 2.45) is 0 Å². The smallest absolute Gasteiger partial charge is 0.221 e. The van der Waals surface area contributed by atoms with Crippen LogP contribution in [0.3, 0.4) is 0 Å². The monoisotopic (exact) mass is 294 g/mol. The Labute approximate surface area is 127 Å². The number of carbonyl (C=O) groups is 1. The summed E-state index contributed by atoms with van der Waals surface area (Å²) in [5, 5.41) is 6.16. The zero-order valence-corrected chi connectivity index (χ0v) is 13.7. The number of amides is 1. The second kappa shape index (κ2) is 7.31. The molecule has 0 heterocycles. The molecule has 0 radical (unpaired) electrons. The normalized spacial score (nSPS) is 12.7. The molecular weight excluding hydrogens is 268 g/mol. The molecule has 0 aliphatic rings. The van der Waals surface area contributed by atoms with Crippen molar-refractivity contribution in [1.29, 1.82) is 0 Å². The number of benzene rings is 1. The first-order valence-corrected chi connectivity index (χ1v) is 7.04. The molecular formula is C16H26N2O3. The number of nitrogens with one attached hydrogen (secondary N) is 2. The van der Waals surface area contributed by atoms with E-state index in [9.17, 15) is 4.79 Å². The molecule has 0 aliphatic carbocycles. The lowest BCUT2D eigenvalue weighted by molar-refractivity contribution is -0.114. The molecule has 2 N–H and O–H groups in total. The van der Waals surface area contributed by atoms with E-state index in [-0.39, 0.29) is 17.6 Å². The fraction of sp³-hybridized carbons (Fsp3) is 0.562. The van der Waals surface area contributed by atoms with Gasteiger partial charge in [0.1, 0.15) is 5.75 Å². The standard InChI is InChI=1S/C16H26N2O3/c1-11(10-16(3,4)21-6)17-13-7-8-14(18-12(2)19)15(9-13)20-5/h7-9,11,17H,10H2,1-6H3,(H,18,19). The first-order valence-electron chi connectivity index (χ1n) is 7.04. The van der Waals surface area contributed by atoms with Gasteiger partial charge in [-0.3, -0.25) is 4.79 Å². The van der Waals surface area contributed by atoms with Crippen LogP contribution >= 0.6 is 0 Å². The largest absolute Gasteiger partial charge is 0.494 e. The van der Waals surface area contributed by atoms with Crippen LogP contribution in [-0.2, 0) is 9.53 Å². The Morgan fingerprint density at radius 3 is 2.52 bits per heavy atom. The highest BCUT2D eigenvalue weighted by atomic mass is 16.5. The summed E-state index contributed by atoms with van der Waals surface area (Å²) in [5.74, 6) is 0.512. The summed E-state index contributed by atoms with van der Waals surface area (Å²) in [4.78, 5) is 11.1. The average Bonchev–Trinajstić information content (AvgIpc) is 2.39. The highest BCUT2D eigenvalue weighted by Crippen LogP contribution is 2.29. The highest BCUT2D eigenvalue weighted by Gasteiger charge is 2.20. The van der Waals surface area contributed by atoms with Crippen molar-refractivity contribution < 1.29 is 14.3 Å². The first-order chi connectivity index (χ1) is 9.77. The van der Waals surface area contributed by atoms with Gasteiger partial charge in [0.05, 0.1) is 18.4 Å². The maximum atomic E-state index is 11.1. The summed E-state index contributed by atoms with van der Waals surface area (Å²) in [5.41, 5.74) is 1.44. The minimum atomic E-state index is -0.174. The maximum Gasteiger partial charge on any atom is 0.221 e. The molecule has 0 saturated heterocycles. The van der Waals surface area contributed by atoms with Crippen molar-refractivity contribution in [2.75, 3.05) is 24.9 Å². The van der Waals surface area contributed by atoms with E-state index in [2.05, 4.69) is 31.4 Å². The summed E-state index contributed by atoms with van der Waals surface area (Å²) in [7, 11) is 3.31. The number of hydrogen-bond donors (Lipinski definition) is 2. The maximum absolute atomic E-state index is 11.1. The number of methoxy groups -OCH3 is 2.